The molecule has 1 aromatic carbocycles. The van der Waals surface area contributed by atoms with E-state index < -0.39 is 11.5 Å². The first-order valence-corrected chi connectivity index (χ1v) is 7.56. The lowest BCUT2D eigenvalue weighted by Crippen LogP contribution is -2.46. The van der Waals surface area contributed by atoms with Crippen LogP contribution in [0.3, 0.4) is 0 Å². The van der Waals surface area contributed by atoms with Gasteiger partial charge in [-0.2, -0.15) is 0 Å². The summed E-state index contributed by atoms with van der Waals surface area (Å²) in [5.74, 6) is -0.725. The summed E-state index contributed by atoms with van der Waals surface area (Å²) >= 11 is 0. The van der Waals surface area contributed by atoms with E-state index in [1.807, 2.05) is 0 Å². The molecule has 0 bridgehead atoms. The number of hydrogen-bond acceptors (Lipinski definition) is 2. The number of rotatable bonds is 4. The zero-order valence-corrected chi connectivity index (χ0v) is 12.6. The van der Waals surface area contributed by atoms with Crippen molar-refractivity contribution in [3.63, 3.8) is 0 Å². The molecular formula is C17H25NO2. The number of aliphatic carboxylic acids is 1. The monoisotopic (exact) mass is 275 g/mol. The Morgan fingerprint density at radius 3 is 2.20 bits per heavy atom. The van der Waals surface area contributed by atoms with E-state index in [9.17, 15) is 9.90 Å². The number of nitrogens with zero attached hydrogens (tertiary/aromatic N) is 1. The number of carbonyl (C=O) groups is 1. The highest BCUT2D eigenvalue weighted by Crippen LogP contribution is 2.34. The van der Waals surface area contributed by atoms with E-state index >= 15 is 0 Å². The fraction of sp³-hybridized carbons (Fsp3) is 0.588. The van der Waals surface area contributed by atoms with Crippen LogP contribution in [0.15, 0.2) is 24.3 Å². The summed E-state index contributed by atoms with van der Waals surface area (Å²) in [6, 6.07) is 8.33. The van der Waals surface area contributed by atoms with E-state index in [4.69, 9.17) is 0 Å². The van der Waals surface area contributed by atoms with Crippen LogP contribution in [-0.4, -0.2) is 29.1 Å². The molecule has 1 unspecified atom stereocenters. The predicted octanol–water partition coefficient (Wildman–Crippen LogP) is 3.56. The SMILES string of the molecule is Cc1ccc(C(C)(CC(=O)O)N2CCCCCC2)cc1. The largest absolute Gasteiger partial charge is 0.481 e. The molecule has 1 aliphatic rings. The van der Waals surface area contributed by atoms with Gasteiger partial charge < -0.3 is 5.11 Å². The van der Waals surface area contributed by atoms with E-state index in [0.29, 0.717) is 0 Å². The van der Waals surface area contributed by atoms with Crippen LogP contribution in [-0.2, 0) is 10.3 Å². The fourth-order valence-electron chi connectivity index (χ4n) is 3.17. The van der Waals surface area contributed by atoms with Crippen molar-refractivity contribution in [2.45, 2.75) is 51.5 Å². The quantitative estimate of drug-likeness (QED) is 0.913. The molecule has 110 valence electrons. The van der Waals surface area contributed by atoms with Crippen LogP contribution in [0.2, 0.25) is 0 Å². The van der Waals surface area contributed by atoms with Gasteiger partial charge >= 0.3 is 5.97 Å². The smallest absolute Gasteiger partial charge is 0.305 e. The Morgan fingerprint density at radius 2 is 1.70 bits per heavy atom. The summed E-state index contributed by atoms with van der Waals surface area (Å²) in [6.45, 7) is 6.14. The molecule has 0 saturated carbocycles. The summed E-state index contributed by atoms with van der Waals surface area (Å²) in [5.41, 5.74) is 1.93. The van der Waals surface area contributed by atoms with Crippen LogP contribution in [0.4, 0.5) is 0 Å². The van der Waals surface area contributed by atoms with Gasteiger partial charge in [0.05, 0.1) is 12.0 Å². The summed E-state index contributed by atoms with van der Waals surface area (Å²) in [5, 5.41) is 9.34. The predicted molar refractivity (Wildman–Crippen MR) is 80.8 cm³/mol. The molecular weight excluding hydrogens is 250 g/mol. The Kier molecular flexibility index (Phi) is 4.81. The van der Waals surface area contributed by atoms with Crippen LogP contribution in [0.25, 0.3) is 0 Å². The van der Waals surface area contributed by atoms with Gasteiger partial charge in [0.2, 0.25) is 0 Å². The van der Waals surface area contributed by atoms with Crippen molar-refractivity contribution >= 4 is 5.97 Å². The van der Waals surface area contributed by atoms with E-state index in [-0.39, 0.29) is 6.42 Å². The van der Waals surface area contributed by atoms with Gasteiger partial charge in [0.15, 0.2) is 0 Å². The van der Waals surface area contributed by atoms with Crippen LogP contribution in [0.1, 0.15) is 50.2 Å². The maximum absolute atomic E-state index is 11.4. The van der Waals surface area contributed by atoms with Gasteiger partial charge in [-0.05, 0) is 45.3 Å². The third-order valence-corrected chi connectivity index (χ3v) is 4.47. The average molecular weight is 275 g/mol. The van der Waals surface area contributed by atoms with E-state index in [1.54, 1.807) is 0 Å². The minimum atomic E-state index is -0.725. The van der Waals surface area contributed by atoms with Gasteiger partial charge in [0.1, 0.15) is 0 Å². The highest BCUT2D eigenvalue weighted by molar-refractivity contribution is 5.69. The van der Waals surface area contributed by atoms with Crippen LogP contribution < -0.4 is 0 Å². The first kappa shape index (κ1) is 15.0. The molecule has 0 aliphatic carbocycles. The van der Waals surface area contributed by atoms with Gasteiger partial charge in [0, 0.05) is 0 Å². The maximum Gasteiger partial charge on any atom is 0.305 e. The molecule has 1 atom stereocenters. The number of carboxylic acid groups (broad SMARTS) is 1. The van der Waals surface area contributed by atoms with Gasteiger partial charge in [-0.15, -0.1) is 0 Å². The first-order chi connectivity index (χ1) is 9.52. The second kappa shape index (κ2) is 6.40. The molecule has 0 radical (unpaired) electrons. The summed E-state index contributed by atoms with van der Waals surface area (Å²) < 4.78 is 0. The zero-order valence-electron chi connectivity index (χ0n) is 12.6. The van der Waals surface area contributed by atoms with E-state index in [0.717, 1.165) is 18.7 Å². The van der Waals surface area contributed by atoms with Gasteiger partial charge in [-0.25, -0.2) is 0 Å². The van der Waals surface area contributed by atoms with Crippen molar-refractivity contribution < 1.29 is 9.90 Å². The van der Waals surface area contributed by atoms with Crippen molar-refractivity contribution in [1.29, 1.82) is 0 Å². The van der Waals surface area contributed by atoms with Crippen molar-refractivity contribution in [3.05, 3.63) is 35.4 Å². The lowest BCUT2D eigenvalue weighted by molar-refractivity contribution is -0.140. The molecule has 20 heavy (non-hydrogen) atoms. The highest BCUT2D eigenvalue weighted by Gasteiger charge is 2.36. The number of hydrogen-bond donors (Lipinski definition) is 1. The summed E-state index contributed by atoms with van der Waals surface area (Å²) in [6.07, 6.45) is 5.01. The normalized spacial score (nSPS) is 20.1. The molecule has 0 spiro atoms. The zero-order chi connectivity index (χ0) is 14.6. The third kappa shape index (κ3) is 3.40. The molecule has 0 aromatic heterocycles. The number of carboxylic acids is 1. The Morgan fingerprint density at radius 1 is 1.15 bits per heavy atom. The molecule has 1 N–H and O–H groups in total. The molecule has 1 heterocycles. The highest BCUT2D eigenvalue weighted by atomic mass is 16.4. The van der Waals surface area contributed by atoms with E-state index in [1.165, 1.54) is 31.2 Å². The first-order valence-electron chi connectivity index (χ1n) is 7.56. The minimum Gasteiger partial charge on any atom is -0.481 e. The lowest BCUT2D eigenvalue weighted by Gasteiger charge is -2.40. The second-order valence-corrected chi connectivity index (χ2v) is 6.11. The summed E-state index contributed by atoms with van der Waals surface area (Å²) in [4.78, 5) is 13.7. The van der Waals surface area contributed by atoms with Gasteiger partial charge in [0.25, 0.3) is 0 Å². The topological polar surface area (TPSA) is 40.5 Å². The van der Waals surface area contributed by atoms with Crippen LogP contribution in [0.5, 0.6) is 0 Å². The third-order valence-electron chi connectivity index (χ3n) is 4.47. The molecule has 3 nitrogen and oxygen atoms in total. The van der Waals surface area contributed by atoms with Gasteiger partial charge in [-0.3, -0.25) is 9.69 Å². The molecule has 1 aromatic rings. The molecule has 3 heteroatoms. The number of likely N-dealkylation sites (tertiary alicyclic amines) is 1. The van der Waals surface area contributed by atoms with Crippen molar-refractivity contribution in [2.24, 2.45) is 0 Å². The van der Waals surface area contributed by atoms with Crippen molar-refractivity contribution in [2.75, 3.05) is 13.1 Å². The van der Waals surface area contributed by atoms with Crippen molar-refractivity contribution in [3.8, 4) is 0 Å². The summed E-state index contributed by atoms with van der Waals surface area (Å²) in [7, 11) is 0. The lowest BCUT2D eigenvalue weighted by atomic mass is 9.86. The number of aryl methyl sites for hydroxylation is 1. The Labute approximate surface area is 121 Å². The molecule has 1 saturated heterocycles. The standard InChI is InChI=1S/C17H25NO2/c1-14-7-9-15(10-8-14)17(2,13-16(19)20)18-11-5-3-4-6-12-18/h7-10H,3-6,11-13H2,1-2H3,(H,19,20). The fourth-order valence-corrected chi connectivity index (χ4v) is 3.17. The second-order valence-electron chi connectivity index (χ2n) is 6.11. The Hall–Kier alpha value is -1.35. The van der Waals surface area contributed by atoms with E-state index in [2.05, 4.69) is 43.0 Å². The minimum absolute atomic E-state index is 0.163. The molecule has 0 amide bonds. The van der Waals surface area contributed by atoms with Gasteiger partial charge in [-0.1, -0.05) is 42.7 Å². The molecule has 2 rings (SSSR count). The average Bonchev–Trinajstić information content (AvgIpc) is 2.67. The van der Waals surface area contributed by atoms with Crippen LogP contribution in [0, 0.1) is 6.92 Å². The maximum atomic E-state index is 11.4. The molecule has 1 aliphatic heterocycles. The number of benzene rings is 1. The van der Waals surface area contributed by atoms with Crippen molar-refractivity contribution in [1.82, 2.24) is 4.90 Å². The molecule has 1 fully saturated rings. The Balaban J connectivity index is 2.32. The Bertz CT molecular complexity index is 447. The van der Waals surface area contributed by atoms with Crippen LogP contribution >= 0.6 is 0 Å².